The Kier molecular flexibility index (Phi) is 4.83. The Labute approximate surface area is 102 Å². The van der Waals surface area contributed by atoms with Gasteiger partial charge in [-0.3, -0.25) is 0 Å². The summed E-state index contributed by atoms with van der Waals surface area (Å²) in [6.45, 7) is 14.0. The summed E-state index contributed by atoms with van der Waals surface area (Å²) >= 11 is 0. The first kappa shape index (κ1) is 13.5. The highest BCUT2D eigenvalue weighted by Gasteiger charge is 2.23. The molecule has 0 N–H and O–H groups in total. The molecule has 0 aliphatic heterocycles. The largest absolute Gasteiger partial charge is 0.0648 e. The van der Waals surface area contributed by atoms with Crippen molar-refractivity contribution in [2.24, 2.45) is 17.8 Å². The second kappa shape index (κ2) is 5.70. The summed E-state index contributed by atoms with van der Waals surface area (Å²) in [5.74, 6) is 2.20. The van der Waals surface area contributed by atoms with Crippen LogP contribution in [0.2, 0.25) is 0 Å². The molecular formula is C16H28. The molecule has 2 atom stereocenters. The predicted molar refractivity (Wildman–Crippen MR) is 73.5 cm³/mol. The summed E-state index contributed by atoms with van der Waals surface area (Å²) in [5, 5.41) is 0. The number of allylic oxidation sites excluding steroid dienone is 4. The van der Waals surface area contributed by atoms with Crippen molar-refractivity contribution in [1.82, 2.24) is 0 Å². The fraction of sp³-hybridized carbons (Fsp3) is 0.750. The molecule has 2 unspecified atom stereocenters. The zero-order chi connectivity index (χ0) is 12.3. The molecule has 0 bridgehead atoms. The molecule has 0 aromatic rings. The van der Waals surface area contributed by atoms with E-state index in [4.69, 9.17) is 0 Å². The van der Waals surface area contributed by atoms with Crippen LogP contribution in [0, 0.1) is 17.8 Å². The van der Waals surface area contributed by atoms with Crippen molar-refractivity contribution in [3.63, 3.8) is 0 Å². The zero-order valence-electron chi connectivity index (χ0n) is 11.9. The monoisotopic (exact) mass is 220 g/mol. The third kappa shape index (κ3) is 2.78. The first-order chi connectivity index (χ1) is 7.51. The van der Waals surface area contributed by atoms with Crippen LogP contribution in [0.3, 0.4) is 0 Å². The van der Waals surface area contributed by atoms with Gasteiger partial charge in [-0.05, 0) is 42.6 Å². The standard InChI is InChI=1S/C16H28/c1-7-12(5)14-9-15(11(3)4)16(10-14)13(6)8-2/h9,11-13H,7-8,10H2,1-6H3. The van der Waals surface area contributed by atoms with Gasteiger partial charge in [0.15, 0.2) is 0 Å². The summed E-state index contributed by atoms with van der Waals surface area (Å²) in [5.41, 5.74) is 5.01. The van der Waals surface area contributed by atoms with E-state index in [-0.39, 0.29) is 0 Å². The van der Waals surface area contributed by atoms with Crippen LogP contribution in [0.1, 0.15) is 60.8 Å². The highest BCUT2D eigenvalue weighted by molar-refractivity contribution is 5.42. The Morgan fingerprint density at radius 3 is 2.00 bits per heavy atom. The minimum atomic E-state index is 0.686. The molecule has 1 aliphatic carbocycles. The number of rotatable bonds is 5. The second-order valence-corrected chi connectivity index (χ2v) is 5.65. The minimum Gasteiger partial charge on any atom is -0.0648 e. The SMILES string of the molecule is CCC(C)C1=CC(C(C)C)=C(C(C)CC)C1. The van der Waals surface area contributed by atoms with Gasteiger partial charge in [0.2, 0.25) is 0 Å². The van der Waals surface area contributed by atoms with Crippen LogP contribution >= 0.6 is 0 Å². The van der Waals surface area contributed by atoms with Gasteiger partial charge in [-0.25, -0.2) is 0 Å². The molecule has 0 amide bonds. The third-order valence-corrected chi connectivity index (χ3v) is 4.18. The van der Waals surface area contributed by atoms with E-state index in [0.29, 0.717) is 5.92 Å². The van der Waals surface area contributed by atoms with Crippen LogP contribution in [0.4, 0.5) is 0 Å². The van der Waals surface area contributed by atoms with Crippen molar-refractivity contribution >= 4 is 0 Å². The summed E-state index contributed by atoms with van der Waals surface area (Å²) in [6.07, 6.45) is 6.29. The van der Waals surface area contributed by atoms with E-state index in [0.717, 1.165) is 11.8 Å². The number of hydrogen-bond donors (Lipinski definition) is 0. The zero-order valence-corrected chi connectivity index (χ0v) is 11.9. The normalized spacial score (nSPS) is 20.3. The molecule has 0 fully saturated rings. The van der Waals surface area contributed by atoms with E-state index in [1.807, 2.05) is 0 Å². The summed E-state index contributed by atoms with van der Waals surface area (Å²) in [7, 11) is 0. The molecule has 1 rings (SSSR count). The first-order valence-electron chi connectivity index (χ1n) is 6.94. The molecule has 0 aromatic heterocycles. The van der Waals surface area contributed by atoms with Crippen molar-refractivity contribution in [2.75, 3.05) is 0 Å². The van der Waals surface area contributed by atoms with E-state index >= 15 is 0 Å². The smallest absolute Gasteiger partial charge is 0.00939 e. The lowest BCUT2D eigenvalue weighted by Crippen LogP contribution is -2.03. The molecule has 0 spiro atoms. The first-order valence-corrected chi connectivity index (χ1v) is 6.94. The molecule has 0 heteroatoms. The second-order valence-electron chi connectivity index (χ2n) is 5.65. The molecule has 0 saturated heterocycles. The molecule has 1 aliphatic rings. The fourth-order valence-electron chi connectivity index (χ4n) is 2.49. The van der Waals surface area contributed by atoms with Gasteiger partial charge >= 0.3 is 0 Å². The van der Waals surface area contributed by atoms with Gasteiger partial charge in [0, 0.05) is 0 Å². The van der Waals surface area contributed by atoms with E-state index in [2.05, 4.69) is 47.6 Å². The summed E-state index contributed by atoms with van der Waals surface area (Å²) < 4.78 is 0. The van der Waals surface area contributed by atoms with E-state index in [1.54, 1.807) is 16.7 Å². The van der Waals surface area contributed by atoms with Gasteiger partial charge in [-0.2, -0.15) is 0 Å². The maximum atomic E-state index is 2.50. The van der Waals surface area contributed by atoms with Crippen molar-refractivity contribution in [1.29, 1.82) is 0 Å². The molecule has 0 aromatic carbocycles. The van der Waals surface area contributed by atoms with Gasteiger partial charge < -0.3 is 0 Å². The molecule has 0 heterocycles. The third-order valence-electron chi connectivity index (χ3n) is 4.18. The van der Waals surface area contributed by atoms with Gasteiger partial charge in [0.1, 0.15) is 0 Å². The molecule has 16 heavy (non-hydrogen) atoms. The maximum absolute atomic E-state index is 2.50. The Morgan fingerprint density at radius 1 is 1.00 bits per heavy atom. The van der Waals surface area contributed by atoms with Gasteiger partial charge in [0.05, 0.1) is 0 Å². The Bertz CT molecular complexity index is 291. The quantitative estimate of drug-likeness (QED) is 0.585. The molecule has 0 saturated carbocycles. The summed E-state index contributed by atoms with van der Waals surface area (Å²) in [6, 6.07) is 0. The van der Waals surface area contributed by atoms with Crippen LogP contribution < -0.4 is 0 Å². The molecule has 0 nitrogen and oxygen atoms in total. The Morgan fingerprint density at radius 2 is 1.56 bits per heavy atom. The van der Waals surface area contributed by atoms with Gasteiger partial charge in [-0.15, -0.1) is 0 Å². The van der Waals surface area contributed by atoms with Gasteiger partial charge in [-0.1, -0.05) is 58.8 Å². The molecule has 0 radical (unpaired) electrons. The van der Waals surface area contributed by atoms with Crippen LogP contribution in [0.25, 0.3) is 0 Å². The average Bonchev–Trinajstić information content (AvgIpc) is 2.71. The lowest BCUT2D eigenvalue weighted by atomic mass is 9.88. The fourth-order valence-corrected chi connectivity index (χ4v) is 2.49. The average molecular weight is 220 g/mol. The van der Waals surface area contributed by atoms with Crippen molar-refractivity contribution in [3.05, 3.63) is 22.8 Å². The van der Waals surface area contributed by atoms with Gasteiger partial charge in [0.25, 0.3) is 0 Å². The van der Waals surface area contributed by atoms with Crippen LogP contribution in [0.15, 0.2) is 22.8 Å². The van der Waals surface area contributed by atoms with Crippen LogP contribution in [0.5, 0.6) is 0 Å². The summed E-state index contributed by atoms with van der Waals surface area (Å²) in [4.78, 5) is 0. The maximum Gasteiger partial charge on any atom is -0.00939 e. The minimum absolute atomic E-state index is 0.686. The highest BCUT2D eigenvalue weighted by Crippen LogP contribution is 2.39. The lowest BCUT2D eigenvalue weighted by molar-refractivity contribution is 0.596. The number of hydrogen-bond acceptors (Lipinski definition) is 0. The highest BCUT2D eigenvalue weighted by atomic mass is 14.3. The van der Waals surface area contributed by atoms with Crippen molar-refractivity contribution in [3.8, 4) is 0 Å². The Hall–Kier alpha value is -0.520. The van der Waals surface area contributed by atoms with Crippen molar-refractivity contribution in [2.45, 2.75) is 60.8 Å². The molecular weight excluding hydrogens is 192 g/mol. The topological polar surface area (TPSA) is 0 Å². The lowest BCUT2D eigenvalue weighted by Gasteiger charge is -2.17. The van der Waals surface area contributed by atoms with Crippen molar-refractivity contribution < 1.29 is 0 Å². The molecule has 92 valence electrons. The van der Waals surface area contributed by atoms with E-state index in [1.165, 1.54) is 19.3 Å². The van der Waals surface area contributed by atoms with Crippen LogP contribution in [-0.2, 0) is 0 Å². The van der Waals surface area contributed by atoms with Crippen LogP contribution in [-0.4, -0.2) is 0 Å². The predicted octanol–water partition coefficient (Wildman–Crippen LogP) is 5.36. The Balaban J connectivity index is 2.90. The van der Waals surface area contributed by atoms with E-state index in [9.17, 15) is 0 Å². The van der Waals surface area contributed by atoms with E-state index < -0.39 is 0 Å².